The Bertz CT molecular complexity index is 483. The van der Waals surface area contributed by atoms with Gasteiger partial charge in [0.15, 0.2) is 0 Å². The van der Waals surface area contributed by atoms with Crippen molar-refractivity contribution in [3.63, 3.8) is 0 Å². The first-order chi connectivity index (χ1) is 9.06. The summed E-state index contributed by atoms with van der Waals surface area (Å²) in [5.74, 6) is 0.914. The highest BCUT2D eigenvalue weighted by atomic mass is 15.1. The average Bonchev–Trinajstić information content (AvgIpc) is 2.86. The number of rotatable bonds is 3. The number of aromatic nitrogens is 2. The molecule has 2 unspecified atom stereocenters. The van der Waals surface area contributed by atoms with Gasteiger partial charge in [-0.1, -0.05) is 0 Å². The first-order valence-electron chi connectivity index (χ1n) is 6.76. The predicted molar refractivity (Wildman–Crippen MR) is 77.1 cm³/mol. The van der Waals surface area contributed by atoms with E-state index in [-0.39, 0.29) is 0 Å². The van der Waals surface area contributed by atoms with E-state index in [1.54, 1.807) is 0 Å². The summed E-state index contributed by atoms with van der Waals surface area (Å²) < 4.78 is 0. The van der Waals surface area contributed by atoms with Crippen LogP contribution < -0.4 is 11.5 Å². The first-order valence-corrected chi connectivity index (χ1v) is 6.76. The molecule has 1 heterocycles. The Balaban J connectivity index is 2.02. The van der Waals surface area contributed by atoms with Gasteiger partial charge < -0.3 is 11.5 Å². The third kappa shape index (κ3) is 3.56. The lowest BCUT2D eigenvalue weighted by Crippen LogP contribution is -2.09. The summed E-state index contributed by atoms with van der Waals surface area (Å²) in [5, 5.41) is 8.42. The van der Waals surface area contributed by atoms with Crippen LogP contribution in [0.15, 0.2) is 35.7 Å². The number of hydrogen-bond acceptors (Lipinski definition) is 4. The van der Waals surface area contributed by atoms with Gasteiger partial charge in [-0.15, -0.1) is 0 Å². The van der Waals surface area contributed by atoms with Crippen molar-refractivity contribution < 1.29 is 0 Å². The molecule has 1 aromatic heterocycles. The lowest BCUT2D eigenvalue weighted by Gasteiger charge is -2.11. The predicted octanol–water partition coefficient (Wildman–Crippen LogP) is 2.37. The maximum absolute atomic E-state index is 6.12. The van der Waals surface area contributed by atoms with E-state index in [0.717, 1.165) is 42.0 Å². The standard InChI is InChI=1S/C15H22N4/c1-10(16)3-7-14(17)12-5-6-13(9-12)15-8-4-11(2)18-19-15/h3-4,7-8,12-13H,5-6,9,16-17H2,1-2H3/b10-3-,14-7-. The van der Waals surface area contributed by atoms with Gasteiger partial charge in [-0.05, 0) is 63.3 Å². The van der Waals surface area contributed by atoms with Crippen LogP contribution in [0.4, 0.5) is 0 Å². The molecule has 0 aromatic carbocycles. The minimum Gasteiger partial charge on any atom is -0.402 e. The van der Waals surface area contributed by atoms with Gasteiger partial charge in [-0.3, -0.25) is 0 Å². The molecule has 2 rings (SSSR count). The molecule has 0 saturated heterocycles. The van der Waals surface area contributed by atoms with Gasteiger partial charge in [0.25, 0.3) is 0 Å². The lowest BCUT2D eigenvalue weighted by molar-refractivity contribution is 0.607. The van der Waals surface area contributed by atoms with E-state index in [1.165, 1.54) is 0 Å². The quantitative estimate of drug-likeness (QED) is 0.816. The number of allylic oxidation sites excluding steroid dienone is 4. The minimum atomic E-state index is 0.434. The fourth-order valence-electron chi connectivity index (χ4n) is 2.54. The van der Waals surface area contributed by atoms with Crippen molar-refractivity contribution in [2.75, 3.05) is 0 Å². The van der Waals surface area contributed by atoms with Gasteiger partial charge in [-0.25, -0.2) is 0 Å². The maximum atomic E-state index is 6.12. The zero-order valence-electron chi connectivity index (χ0n) is 11.6. The average molecular weight is 258 g/mol. The number of nitrogens with two attached hydrogens (primary N) is 2. The van der Waals surface area contributed by atoms with Gasteiger partial charge in [-0.2, -0.15) is 10.2 Å². The van der Waals surface area contributed by atoms with Crippen molar-refractivity contribution in [3.05, 3.63) is 47.1 Å². The van der Waals surface area contributed by atoms with Crippen LogP contribution in [0.1, 0.15) is 43.5 Å². The molecule has 19 heavy (non-hydrogen) atoms. The molecule has 0 amide bonds. The van der Waals surface area contributed by atoms with Crippen LogP contribution in [0.2, 0.25) is 0 Å². The van der Waals surface area contributed by atoms with Crippen LogP contribution in [0.3, 0.4) is 0 Å². The van der Waals surface area contributed by atoms with E-state index in [1.807, 2.05) is 32.1 Å². The maximum Gasteiger partial charge on any atom is 0.0662 e. The molecular formula is C15H22N4. The van der Waals surface area contributed by atoms with E-state index in [4.69, 9.17) is 11.5 Å². The van der Waals surface area contributed by atoms with Gasteiger partial charge in [0.05, 0.1) is 11.4 Å². The molecule has 0 aliphatic heterocycles. The second-order valence-electron chi connectivity index (χ2n) is 5.38. The molecule has 1 aliphatic rings. The summed E-state index contributed by atoms with van der Waals surface area (Å²) in [6, 6.07) is 4.11. The molecule has 1 fully saturated rings. The highest BCUT2D eigenvalue weighted by Crippen LogP contribution is 2.39. The molecular weight excluding hydrogens is 236 g/mol. The Kier molecular flexibility index (Phi) is 4.20. The summed E-state index contributed by atoms with van der Waals surface area (Å²) in [6.07, 6.45) is 7.09. The fourth-order valence-corrected chi connectivity index (χ4v) is 2.54. The van der Waals surface area contributed by atoms with Gasteiger partial charge in [0, 0.05) is 17.3 Å². The zero-order valence-corrected chi connectivity index (χ0v) is 11.6. The van der Waals surface area contributed by atoms with E-state index >= 15 is 0 Å². The van der Waals surface area contributed by atoms with E-state index in [0.29, 0.717) is 11.8 Å². The topological polar surface area (TPSA) is 77.8 Å². The van der Waals surface area contributed by atoms with Gasteiger partial charge in [0.2, 0.25) is 0 Å². The van der Waals surface area contributed by atoms with Crippen LogP contribution in [0.5, 0.6) is 0 Å². The summed E-state index contributed by atoms with van der Waals surface area (Å²) in [4.78, 5) is 0. The summed E-state index contributed by atoms with van der Waals surface area (Å²) in [5.41, 5.74) is 15.5. The second kappa shape index (κ2) is 5.87. The molecule has 1 aliphatic carbocycles. The van der Waals surface area contributed by atoms with Crippen molar-refractivity contribution in [2.45, 2.75) is 39.0 Å². The monoisotopic (exact) mass is 258 g/mol. The summed E-state index contributed by atoms with van der Waals surface area (Å²) >= 11 is 0. The van der Waals surface area contributed by atoms with Crippen molar-refractivity contribution in [1.29, 1.82) is 0 Å². The van der Waals surface area contributed by atoms with Crippen LogP contribution in [-0.4, -0.2) is 10.2 Å². The molecule has 4 nitrogen and oxygen atoms in total. The Morgan fingerprint density at radius 2 is 2.00 bits per heavy atom. The van der Waals surface area contributed by atoms with Crippen LogP contribution >= 0.6 is 0 Å². The van der Waals surface area contributed by atoms with E-state index < -0.39 is 0 Å². The Labute approximate surface area is 114 Å². The highest BCUT2D eigenvalue weighted by molar-refractivity contribution is 5.19. The van der Waals surface area contributed by atoms with Crippen molar-refractivity contribution >= 4 is 0 Å². The third-order valence-electron chi connectivity index (χ3n) is 3.68. The molecule has 4 N–H and O–H groups in total. The van der Waals surface area contributed by atoms with Gasteiger partial charge >= 0.3 is 0 Å². The molecule has 0 radical (unpaired) electrons. The number of hydrogen-bond donors (Lipinski definition) is 2. The number of aryl methyl sites for hydroxylation is 1. The van der Waals surface area contributed by atoms with Gasteiger partial charge in [0.1, 0.15) is 0 Å². The smallest absolute Gasteiger partial charge is 0.0662 e. The van der Waals surface area contributed by atoms with Crippen molar-refractivity contribution in [1.82, 2.24) is 10.2 Å². The fraction of sp³-hybridized carbons (Fsp3) is 0.467. The molecule has 102 valence electrons. The lowest BCUT2D eigenvalue weighted by atomic mass is 9.99. The highest BCUT2D eigenvalue weighted by Gasteiger charge is 2.28. The molecule has 0 bridgehead atoms. The first kappa shape index (κ1) is 13.6. The second-order valence-corrected chi connectivity index (χ2v) is 5.38. The zero-order chi connectivity index (χ0) is 13.8. The summed E-state index contributed by atoms with van der Waals surface area (Å²) in [7, 11) is 0. The molecule has 4 heteroatoms. The third-order valence-corrected chi connectivity index (χ3v) is 3.68. The SMILES string of the molecule is C/C(N)=C/C=C(\N)C1CCC(c2ccc(C)nn2)C1. The molecule has 2 atom stereocenters. The Morgan fingerprint density at radius 3 is 2.63 bits per heavy atom. The molecule has 0 spiro atoms. The van der Waals surface area contributed by atoms with E-state index in [2.05, 4.69) is 16.3 Å². The van der Waals surface area contributed by atoms with Crippen LogP contribution in [0.25, 0.3) is 0 Å². The normalized spacial score (nSPS) is 24.7. The Hall–Kier alpha value is -1.84. The van der Waals surface area contributed by atoms with Crippen molar-refractivity contribution in [3.8, 4) is 0 Å². The Morgan fingerprint density at radius 1 is 1.21 bits per heavy atom. The van der Waals surface area contributed by atoms with Crippen LogP contribution in [0, 0.1) is 12.8 Å². The minimum absolute atomic E-state index is 0.434. The van der Waals surface area contributed by atoms with Crippen molar-refractivity contribution in [2.24, 2.45) is 17.4 Å². The number of nitrogens with zero attached hydrogens (tertiary/aromatic N) is 2. The van der Waals surface area contributed by atoms with Crippen LogP contribution in [-0.2, 0) is 0 Å². The molecule has 1 aromatic rings. The summed E-state index contributed by atoms with van der Waals surface area (Å²) in [6.45, 7) is 3.82. The molecule has 1 saturated carbocycles. The van der Waals surface area contributed by atoms with E-state index in [9.17, 15) is 0 Å². The largest absolute Gasteiger partial charge is 0.402 e.